The summed E-state index contributed by atoms with van der Waals surface area (Å²) in [7, 11) is 0. The molecule has 3 amide bonds. The molecule has 0 aliphatic carbocycles. The molecule has 2 heterocycles. The smallest absolute Gasteiger partial charge is 0.328 e. The summed E-state index contributed by atoms with van der Waals surface area (Å²) in [4.78, 5) is 37.1. The second-order valence-electron chi connectivity index (χ2n) is 6.75. The van der Waals surface area contributed by atoms with Crippen LogP contribution in [0.3, 0.4) is 0 Å². The maximum Gasteiger partial charge on any atom is 0.328 e. The van der Waals surface area contributed by atoms with Crippen LogP contribution >= 0.6 is 0 Å². The summed E-state index contributed by atoms with van der Waals surface area (Å²) in [5.74, 6) is -1.15. The number of urea groups is 1. The molecule has 0 bridgehead atoms. The van der Waals surface area contributed by atoms with Gasteiger partial charge in [0, 0.05) is 38.2 Å². The van der Waals surface area contributed by atoms with E-state index in [-0.39, 0.29) is 25.3 Å². The summed E-state index contributed by atoms with van der Waals surface area (Å²) in [5.41, 5.74) is 0.909. The monoisotopic (exact) mass is 363 g/mol. The minimum atomic E-state index is -0.780. The first kappa shape index (κ1) is 18.2. The van der Waals surface area contributed by atoms with Gasteiger partial charge in [-0.2, -0.15) is 0 Å². The molecule has 26 heavy (non-hydrogen) atoms. The molecule has 0 unspecified atom stereocenters. The maximum absolute atomic E-state index is 14.6. The second-order valence-corrected chi connectivity index (χ2v) is 6.75. The van der Waals surface area contributed by atoms with Crippen LogP contribution in [0.15, 0.2) is 18.2 Å². The summed E-state index contributed by atoms with van der Waals surface area (Å²) in [6.07, 6.45) is 2.71. The lowest BCUT2D eigenvalue weighted by Gasteiger charge is -2.34. The second kappa shape index (κ2) is 7.72. The van der Waals surface area contributed by atoms with Crippen LogP contribution in [0.25, 0.3) is 0 Å². The number of hydrogen-bond donors (Lipinski definition) is 2. The van der Waals surface area contributed by atoms with Crippen LogP contribution in [0, 0.1) is 11.7 Å². The lowest BCUT2D eigenvalue weighted by atomic mass is 9.92. The van der Waals surface area contributed by atoms with Crippen LogP contribution in [0.1, 0.15) is 32.1 Å². The Balaban J connectivity index is 1.63. The molecule has 0 radical (unpaired) electrons. The Morgan fingerprint density at radius 2 is 1.96 bits per heavy atom. The summed E-state index contributed by atoms with van der Waals surface area (Å²) in [6.45, 7) is 1.59. The van der Waals surface area contributed by atoms with Crippen LogP contribution < -0.4 is 15.1 Å². The molecule has 140 valence electrons. The summed E-state index contributed by atoms with van der Waals surface area (Å²) in [6, 6.07) is 4.13. The number of carbonyl (C=O) groups excluding carboxylic acids is 2. The van der Waals surface area contributed by atoms with Crippen LogP contribution in [0.4, 0.5) is 20.6 Å². The Morgan fingerprint density at radius 1 is 1.23 bits per heavy atom. The van der Waals surface area contributed by atoms with Gasteiger partial charge in [-0.15, -0.1) is 0 Å². The van der Waals surface area contributed by atoms with E-state index >= 15 is 0 Å². The van der Waals surface area contributed by atoms with Crippen molar-refractivity contribution in [2.45, 2.75) is 32.1 Å². The van der Waals surface area contributed by atoms with E-state index in [0.29, 0.717) is 36.8 Å². The molecule has 0 aromatic heterocycles. The van der Waals surface area contributed by atoms with Crippen molar-refractivity contribution in [2.75, 3.05) is 29.4 Å². The fraction of sp³-hybridized carbons (Fsp3) is 0.500. The number of carboxylic acids is 1. The van der Waals surface area contributed by atoms with Crippen LogP contribution in [-0.2, 0) is 9.59 Å². The van der Waals surface area contributed by atoms with Crippen LogP contribution in [-0.4, -0.2) is 42.6 Å². The Labute approximate surface area is 150 Å². The summed E-state index contributed by atoms with van der Waals surface area (Å²) < 4.78 is 14.6. The number of rotatable bonds is 5. The molecule has 7 nitrogen and oxygen atoms in total. The molecule has 8 heteroatoms. The van der Waals surface area contributed by atoms with Gasteiger partial charge < -0.3 is 10.0 Å². The molecule has 1 aromatic rings. The molecular formula is C18H22FN3O4. The van der Waals surface area contributed by atoms with E-state index in [9.17, 15) is 18.8 Å². The zero-order valence-electron chi connectivity index (χ0n) is 14.4. The number of anilines is 2. The number of carbonyl (C=O) groups is 3. The zero-order valence-corrected chi connectivity index (χ0v) is 14.4. The maximum atomic E-state index is 14.6. The van der Waals surface area contributed by atoms with Gasteiger partial charge in [-0.3, -0.25) is 19.8 Å². The lowest BCUT2D eigenvalue weighted by molar-refractivity contribution is -0.137. The molecule has 2 N–H and O–H groups in total. The van der Waals surface area contributed by atoms with Crippen molar-refractivity contribution in [1.82, 2.24) is 5.32 Å². The van der Waals surface area contributed by atoms with E-state index in [0.717, 1.165) is 12.8 Å². The molecule has 0 atom stereocenters. The quantitative estimate of drug-likeness (QED) is 0.838. The van der Waals surface area contributed by atoms with E-state index in [1.807, 2.05) is 4.90 Å². The number of benzene rings is 1. The average Bonchev–Trinajstić information content (AvgIpc) is 2.60. The number of carboxylic acid groups (broad SMARTS) is 1. The lowest BCUT2D eigenvalue weighted by Crippen LogP contribution is -2.49. The molecule has 1 aromatic carbocycles. The largest absolute Gasteiger partial charge is 0.481 e. The molecule has 3 rings (SSSR count). The Bertz CT molecular complexity index is 716. The van der Waals surface area contributed by atoms with E-state index in [2.05, 4.69) is 5.32 Å². The minimum absolute atomic E-state index is 0.175. The number of nitrogens with zero attached hydrogens (tertiary/aromatic N) is 2. The van der Waals surface area contributed by atoms with Crippen LogP contribution in [0.2, 0.25) is 0 Å². The zero-order chi connectivity index (χ0) is 18.7. The Hall–Kier alpha value is -2.64. The standard InChI is InChI=1S/C18H22FN3O4/c19-14-11-13(22-10-7-16(23)20-18(22)26)2-3-15(14)21-8-5-12(6-9-21)1-4-17(24)25/h2-3,11-12H,1,4-10H2,(H,24,25)(H,20,23,26). The predicted octanol–water partition coefficient (Wildman–Crippen LogP) is 2.35. The van der Waals surface area contributed by atoms with Gasteiger partial charge in [-0.05, 0) is 43.4 Å². The fourth-order valence-electron chi connectivity index (χ4n) is 3.52. The highest BCUT2D eigenvalue weighted by atomic mass is 19.1. The van der Waals surface area contributed by atoms with Gasteiger partial charge in [-0.25, -0.2) is 9.18 Å². The van der Waals surface area contributed by atoms with Gasteiger partial charge >= 0.3 is 12.0 Å². The highest BCUT2D eigenvalue weighted by Gasteiger charge is 2.26. The number of nitrogens with one attached hydrogen (secondary N) is 1. The molecule has 2 aliphatic heterocycles. The fourth-order valence-corrected chi connectivity index (χ4v) is 3.52. The van der Waals surface area contributed by atoms with Gasteiger partial charge in [-0.1, -0.05) is 0 Å². The topological polar surface area (TPSA) is 89.9 Å². The molecular weight excluding hydrogens is 341 g/mol. The van der Waals surface area contributed by atoms with Crippen molar-refractivity contribution in [3.8, 4) is 0 Å². The van der Waals surface area contributed by atoms with Gasteiger partial charge in [0.05, 0.1) is 5.69 Å². The van der Waals surface area contributed by atoms with Crippen molar-refractivity contribution in [3.05, 3.63) is 24.0 Å². The van der Waals surface area contributed by atoms with Gasteiger partial charge in [0.1, 0.15) is 5.82 Å². The van der Waals surface area contributed by atoms with Crippen molar-refractivity contribution in [2.24, 2.45) is 5.92 Å². The first-order valence-corrected chi connectivity index (χ1v) is 8.81. The Kier molecular flexibility index (Phi) is 5.39. The van der Waals surface area contributed by atoms with E-state index in [1.54, 1.807) is 12.1 Å². The van der Waals surface area contributed by atoms with E-state index < -0.39 is 17.8 Å². The van der Waals surface area contributed by atoms with Gasteiger partial charge in [0.15, 0.2) is 0 Å². The van der Waals surface area contributed by atoms with Crippen molar-refractivity contribution < 1.29 is 23.9 Å². The number of hydrogen-bond acceptors (Lipinski definition) is 4. The van der Waals surface area contributed by atoms with Crippen molar-refractivity contribution in [1.29, 1.82) is 0 Å². The van der Waals surface area contributed by atoms with E-state index in [1.165, 1.54) is 11.0 Å². The summed E-state index contributed by atoms with van der Waals surface area (Å²) >= 11 is 0. The number of aliphatic carboxylic acids is 1. The van der Waals surface area contributed by atoms with Crippen LogP contribution in [0.5, 0.6) is 0 Å². The van der Waals surface area contributed by atoms with E-state index in [4.69, 9.17) is 5.11 Å². The number of piperidine rings is 1. The number of amides is 3. The SMILES string of the molecule is O=C(O)CCC1CCN(c2ccc(N3CCC(=O)NC3=O)cc2F)CC1. The third kappa shape index (κ3) is 4.12. The van der Waals surface area contributed by atoms with Gasteiger partial charge in [0.25, 0.3) is 0 Å². The Morgan fingerprint density at radius 3 is 2.58 bits per heavy atom. The average molecular weight is 363 g/mol. The molecule has 2 aliphatic rings. The highest BCUT2D eigenvalue weighted by Crippen LogP contribution is 2.30. The summed E-state index contributed by atoms with van der Waals surface area (Å²) in [5, 5.41) is 11.0. The van der Waals surface area contributed by atoms with Crippen molar-refractivity contribution >= 4 is 29.3 Å². The third-order valence-electron chi connectivity index (χ3n) is 5.02. The molecule has 2 saturated heterocycles. The third-order valence-corrected chi connectivity index (χ3v) is 5.02. The molecule has 0 spiro atoms. The van der Waals surface area contributed by atoms with Crippen molar-refractivity contribution in [3.63, 3.8) is 0 Å². The number of halogens is 1. The number of imide groups is 1. The molecule has 2 fully saturated rings. The first-order valence-electron chi connectivity index (χ1n) is 8.81. The normalized spacial score (nSPS) is 18.8. The van der Waals surface area contributed by atoms with Gasteiger partial charge in [0.2, 0.25) is 5.91 Å². The highest BCUT2D eigenvalue weighted by molar-refractivity contribution is 6.05. The minimum Gasteiger partial charge on any atom is -0.481 e. The predicted molar refractivity (Wildman–Crippen MR) is 93.7 cm³/mol. The first-order chi connectivity index (χ1) is 12.4. The molecule has 0 saturated carbocycles.